The van der Waals surface area contributed by atoms with Crippen LogP contribution >= 0.6 is 11.6 Å². The highest BCUT2D eigenvalue weighted by Gasteiger charge is 2.50. The molecule has 0 N–H and O–H groups in total. The minimum Gasteiger partial charge on any atom is -0.377 e. The number of hydrogen-bond donors (Lipinski definition) is 0. The Labute approximate surface area is 123 Å². The number of hydrogen-bond acceptors (Lipinski definition) is 6. The zero-order chi connectivity index (χ0) is 14.4. The first kappa shape index (κ1) is 14.0. The molecule has 1 aromatic heterocycles. The van der Waals surface area contributed by atoms with Crippen LogP contribution in [0, 0.1) is 0 Å². The van der Waals surface area contributed by atoms with Crippen LogP contribution < -0.4 is 4.90 Å². The summed E-state index contributed by atoms with van der Waals surface area (Å²) in [6.07, 6.45) is 5.33. The van der Waals surface area contributed by atoms with Crippen LogP contribution in [0.1, 0.15) is 12.8 Å². The molecule has 0 radical (unpaired) electrons. The molecule has 2 aliphatic rings. The van der Waals surface area contributed by atoms with Gasteiger partial charge in [0.2, 0.25) is 5.28 Å². The number of rotatable bonds is 2. The Kier molecular flexibility index (Phi) is 3.38. The Bertz CT molecular complexity index is 645. The topological polar surface area (TPSA) is 67.7 Å². The Hall–Kier alpha value is -0.920. The fourth-order valence-corrected chi connectivity index (χ4v) is 3.17. The molecule has 3 rings (SSSR count). The SMILES string of the molecule is CS(C)(=O)=Nc1cc(N2CCOCC23CC3)nc(Cl)n1. The van der Waals surface area contributed by atoms with Crippen molar-refractivity contribution in [1.82, 2.24) is 9.97 Å². The normalized spacial score (nSPS) is 21.1. The number of aromatic nitrogens is 2. The molecule has 0 aromatic carbocycles. The summed E-state index contributed by atoms with van der Waals surface area (Å²) < 4.78 is 21.5. The number of nitrogens with zero attached hydrogens (tertiary/aromatic N) is 4. The van der Waals surface area contributed by atoms with Crippen molar-refractivity contribution in [1.29, 1.82) is 0 Å². The van der Waals surface area contributed by atoms with Gasteiger partial charge in [-0.1, -0.05) is 0 Å². The Morgan fingerprint density at radius 2 is 2.20 bits per heavy atom. The molecule has 2 fully saturated rings. The predicted molar refractivity (Wildman–Crippen MR) is 79.3 cm³/mol. The maximum absolute atomic E-state index is 11.8. The molecule has 8 heteroatoms. The number of anilines is 1. The Morgan fingerprint density at radius 3 is 2.85 bits per heavy atom. The molecule has 1 aliphatic heterocycles. The van der Waals surface area contributed by atoms with Crippen molar-refractivity contribution in [3.63, 3.8) is 0 Å². The van der Waals surface area contributed by atoms with Gasteiger partial charge in [-0.05, 0) is 24.4 Å². The van der Waals surface area contributed by atoms with Gasteiger partial charge in [-0.25, -0.2) is 9.19 Å². The van der Waals surface area contributed by atoms with Crippen molar-refractivity contribution in [2.75, 3.05) is 37.2 Å². The van der Waals surface area contributed by atoms with Gasteiger partial charge >= 0.3 is 0 Å². The minimum absolute atomic E-state index is 0.0625. The summed E-state index contributed by atoms with van der Waals surface area (Å²) >= 11 is 5.98. The molecule has 1 saturated carbocycles. The summed E-state index contributed by atoms with van der Waals surface area (Å²) in [5, 5.41) is 0.132. The third kappa shape index (κ3) is 2.89. The van der Waals surface area contributed by atoms with Crippen molar-refractivity contribution in [2.45, 2.75) is 18.4 Å². The molecule has 2 heterocycles. The average molecular weight is 317 g/mol. The smallest absolute Gasteiger partial charge is 0.226 e. The fourth-order valence-electron chi connectivity index (χ4n) is 2.45. The van der Waals surface area contributed by atoms with E-state index in [2.05, 4.69) is 19.2 Å². The van der Waals surface area contributed by atoms with Gasteiger partial charge in [-0.15, -0.1) is 0 Å². The molecule has 0 amide bonds. The molecule has 1 aromatic rings. The summed E-state index contributed by atoms with van der Waals surface area (Å²) in [6.45, 7) is 2.17. The average Bonchev–Trinajstić information content (AvgIpc) is 3.06. The van der Waals surface area contributed by atoms with E-state index >= 15 is 0 Å². The Morgan fingerprint density at radius 1 is 1.45 bits per heavy atom. The van der Waals surface area contributed by atoms with Crippen LogP contribution in [-0.2, 0) is 14.5 Å². The van der Waals surface area contributed by atoms with Crippen LogP contribution in [0.4, 0.5) is 11.6 Å². The van der Waals surface area contributed by atoms with Gasteiger partial charge < -0.3 is 9.64 Å². The van der Waals surface area contributed by atoms with E-state index < -0.39 is 9.73 Å². The van der Waals surface area contributed by atoms with Gasteiger partial charge in [-0.2, -0.15) is 9.35 Å². The molecule has 1 saturated heterocycles. The van der Waals surface area contributed by atoms with E-state index in [0.29, 0.717) is 12.4 Å². The van der Waals surface area contributed by atoms with Crippen LogP contribution in [0.3, 0.4) is 0 Å². The first-order valence-electron chi connectivity index (χ1n) is 6.45. The fraction of sp³-hybridized carbons (Fsp3) is 0.667. The van der Waals surface area contributed by atoms with Gasteiger partial charge in [-0.3, -0.25) is 0 Å². The maximum Gasteiger partial charge on any atom is 0.226 e. The maximum atomic E-state index is 11.8. The van der Waals surface area contributed by atoms with Gasteiger partial charge in [0.05, 0.1) is 18.8 Å². The van der Waals surface area contributed by atoms with Crippen molar-refractivity contribution in [3.8, 4) is 0 Å². The first-order chi connectivity index (χ1) is 9.38. The van der Waals surface area contributed by atoms with Crippen LogP contribution in [-0.4, -0.2) is 52.0 Å². The molecular formula is C12H17ClN4O2S. The van der Waals surface area contributed by atoms with Crippen molar-refractivity contribution >= 4 is 33.0 Å². The Balaban J connectivity index is 2.00. The molecule has 20 heavy (non-hydrogen) atoms. The lowest BCUT2D eigenvalue weighted by Crippen LogP contribution is -2.48. The summed E-state index contributed by atoms with van der Waals surface area (Å²) in [6, 6.07) is 1.75. The van der Waals surface area contributed by atoms with Crippen LogP contribution in [0.15, 0.2) is 10.4 Å². The zero-order valence-corrected chi connectivity index (χ0v) is 13.1. The summed E-state index contributed by atoms with van der Waals surface area (Å²) in [7, 11) is -2.27. The first-order valence-corrected chi connectivity index (χ1v) is 9.16. The number of ether oxygens (including phenoxy) is 1. The summed E-state index contributed by atoms with van der Waals surface area (Å²) in [5.74, 6) is 1.12. The highest BCUT2D eigenvalue weighted by molar-refractivity contribution is 7.92. The number of morpholine rings is 1. The van der Waals surface area contributed by atoms with Gasteiger partial charge in [0.25, 0.3) is 0 Å². The highest BCUT2D eigenvalue weighted by Crippen LogP contribution is 2.45. The molecule has 0 unspecified atom stereocenters. The van der Waals surface area contributed by atoms with Crippen LogP contribution in [0.5, 0.6) is 0 Å². The second kappa shape index (κ2) is 4.82. The lowest BCUT2D eigenvalue weighted by molar-refractivity contribution is 0.0860. The quantitative estimate of drug-likeness (QED) is 0.779. The van der Waals surface area contributed by atoms with Crippen molar-refractivity contribution in [3.05, 3.63) is 11.3 Å². The molecule has 110 valence electrons. The van der Waals surface area contributed by atoms with E-state index in [4.69, 9.17) is 16.3 Å². The van der Waals surface area contributed by atoms with E-state index in [1.165, 1.54) is 0 Å². The van der Waals surface area contributed by atoms with E-state index in [1.807, 2.05) is 0 Å². The number of halogens is 1. The van der Waals surface area contributed by atoms with Crippen molar-refractivity contribution < 1.29 is 8.95 Å². The van der Waals surface area contributed by atoms with Gasteiger partial charge in [0, 0.05) is 34.9 Å². The minimum atomic E-state index is -2.27. The second-order valence-electron chi connectivity index (χ2n) is 5.55. The lowest BCUT2D eigenvalue weighted by atomic mass is 10.2. The molecule has 1 spiro atoms. The molecule has 0 atom stereocenters. The summed E-state index contributed by atoms with van der Waals surface area (Å²) in [5.41, 5.74) is 0.0625. The lowest BCUT2D eigenvalue weighted by Gasteiger charge is -2.37. The van der Waals surface area contributed by atoms with Crippen LogP contribution in [0.25, 0.3) is 0 Å². The van der Waals surface area contributed by atoms with Crippen molar-refractivity contribution in [2.24, 2.45) is 4.36 Å². The van der Waals surface area contributed by atoms with E-state index in [0.717, 1.165) is 31.8 Å². The predicted octanol–water partition coefficient (Wildman–Crippen LogP) is 1.86. The summed E-state index contributed by atoms with van der Waals surface area (Å²) in [4.78, 5) is 10.5. The third-order valence-corrected chi connectivity index (χ3v) is 4.29. The standard InChI is InChI=1S/C12H17ClN4O2S/c1-20(2,18)16-9-7-10(15-11(13)14-9)17-5-6-19-8-12(17)3-4-12/h7H,3-6,8H2,1-2H3. The molecule has 1 aliphatic carbocycles. The van der Waals surface area contributed by atoms with Crippen LogP contribution in [0.2, 0.25) is 5.28 Å². The monoisotopic (exact) mass is 316 g/mol. The zero-order valence-electron chi connectivity index (χ0n) is 11.5. The largest absolute Gasteiger partial charge is 0.377 e. The van der Waals surface area contributed by atoms with Gasteiger partial charge in [0.1, 0.15) is 5.82 Å². The molecular weight excluding hydrogens is 300 g/mol. The molecule has 6 nitrogen and oxygen atoms in total. The second-order valence-corrected chi connectivity index (χ2v) is 8.44. The van der Waals surface area contributed by atoms with E-state index in [1.54, 1.807) is 18.6 Å². The van der Waals surface area contributed by atoms with E-state index in [-0.39, 0.29) is 10.8 Å². The molecule has 0 bridgehead atoms. The highest BCUT2D eigenvalue weighted by atomic mass is 35.5. The van der Waals surface area contributed by atoms with Gasteiger partial charge in [0.15, 0.2) is 5.82 Å². The van der Waals surface area contributed by atoms with E-state index in [9.17, 15) is 4.21 Å². The third-order valence-electron chi connectivity index (χ3n) is 3.49.